The Morgan fingerprint density at radius 3 is 2.44 bits per heavy atom. The van der Waals surface area contributed by atoms with Crippen LogP contribution in [-0.2, 0) is 0 Å². The van der Waals surface area contributed by atoms with Gasteiger partial charge in [0.2, 0.25) is 0 Å². The summed E-state index contributed by atoms with van der Waals surface area (Å²) < 4.78 is 6.63. The van der Waals surface area contributed by atoms with Crippen LogP contribution in [0.25, 0.3) is 0 Å². The Labute approximate surface area is 128 Å². The fraction of sp³-hybridized carbons (Fsp3) is 0.286. The monoisotopic (exact) mass is 388 g/mol. The molecule has 0 fully saturated rings. The Kier molecular flexibility index (Phi) is 4.87. The summed E-state index contributed by atoms with van der Waals surface area (Å²) in [6.07, 6.45) is 0. The Balaban J connectivity index is 2.20. The molecule has 0 amide bonds. The lowest BCUT2D eigenvalue weighted by Crippen LogP contribution is -1.93. The molecular formula is C14H14Br2OS. The van der Waals surface area contributed by atoms with Gasteiger partial charge in [0.15, 0.2) is 0 Å². The van der Waals surface area contributed by atoms with Crippen molar-refractivity contribution in [3.63, 3.8) is 0 Å². The minimum absolute atomic E-state index is 0.239. The number of thiophene rings is 1. The smallest absolute Gasteiger partial charge is 0.119 e. The lowest BCUT2D eigenvalue weighted by atomic mass is 10.1. The van der Waals surface area contributed by atoms with Gasteiger partial charge in [-0.1, -0.05) is 28.1 Å². The molecule has 0 radical (unpaired) electrons. The van der Waals surface area contributed by atoms with E-state index in [4.69, 9.17) is 4.74 Å². The SMILES string of the molecule is CCOc1ccc(C(Br)c2cc(Br)c(C)s2)cc1. The first kappa shape index (κ1) is 14.1. The minimum Gasteiger partial charge on any atom is -0.494 e. The van der Waals surface area contributed by atoms with Crippen LogP contribution in [0, 0.1) is 6.92 Å². The Bertz CT molecular complexity index is 500. The highest BCUT2D eigenvalue weighted by Crippen LogP contribution is 2.38. The van der Waals surface area contributed by atoms with Gasteiger partial charge >= 0.3 is 0 Å². The van der Waals surface area contributed by atoms with Crippen LogP contribution in [0.4, 0.5) is 0 Å². The molecule has 0 saturated carbocycles. The Morgan fingerprint density at radius 2 is 1.94 bits per heavy atom. The third-order valence-electron chi connectivity index (χ3n) is 2.61. The van der Waals surface area contributed by atoms with Crippen molar-refractivity contribution in [1.82, 2.24) is 0 Å². The van der Waals surface area contributed by atoms with Gasteiger partial charge in [-0.05, 0) is 53.5 Å². The second kappa shape index (κ2) is 6.22. The average Bonchev–Trinajstić information content (AvgIpc) is 2.70. The molecule has 1 aromatic carbocycles. The van der Waals surface area contributed by atoms with Crippen LogP contribution in [0.15, 0.2) is 34.8 Å². The molecule has 96 valence electrons. The van der Waals surface area contributed by atoms with Gasteiger partial charge in [0, 0.05) is 14.2 Å². The van der Waals surface area contributed by atoms with Crippen molar-refractivity contribution in [1.29, 1.82) is 0 Å². The van der Waals surface area contributed by atoms with E-state index in [9.17, 15) is 0 Å². The third-order valence-corrected chi connectivity index (χ3v) is 6.14. The van der Waals surface area contributed by atoms with Crippen LogP contribution < -0.4 is 4.74 Å². The zero-order valence-electron chi connectivity index (χ0n) is 10.2. The van der Waals surface area contributed by atoms with E-state index in [2.05, 4.69) is 57.0 Å². The van der Waals surface area contributed by atoms with Gasteiger partial charge in [0.1, 0.15) is 5.75 Å². The van der Waals surface area contributed by atoms with Gasteiger partial charge in [0.05, 0.1) is 11.4 Å². The van der Waals surface area contributed by atoms with E-state index in [-0.39, 0.29) is 4.83 Å². The molecule has 1 unspecified atom stereocenters. The maximum absolute atomic E-state index is 5.45. The quantitative estimate of drug-likeness (QED) is 0.609. The number of alkyl halides is 1. The normalized spacial score (nSPS) is 12.4. The summed E-state index contributed by atoms with van der Waals surface area (Å²) >= 11 is 9.12. The van der Waals surface area contributed by atoms with Gasteiger partial charge in [-0.25, -0.2) is 0 Å². The molecule has 0 aliphatic heterocycles. The second-order valence-electron chi connectivity index (χ2n) is 3.92. The van der Waals surface area contributed by atoms with E-state index < -0.39 is 0 Å². The largest absolute Gasteiger partial charge is 0.494 e. The molecule has 1 atom stereocenters. The number of aryl methyl sites for hydroxylation is 1. The zero-order valence-corrected chi connectivity index (χ0v) is 14.2. The summed E-state index contributed by atoms with van der Waals surface area (Å²) in [6, 6.07) is 10.4. The first-order valence-electron chi connectivity index (χ1n) is 5.74. The summed E-state index contributed by atoms with van der Waals surface area (Å²) in [5.74, 6) is 0.921. The van der Waals surface area contributed by atoms with Crippen molar-refractivity contribution in [2.24, 2.45) is 0 Å². The maximum Gasteiger partial charge on any atom is 0.119 e. The standard InChI is InChI=1S/C14H14Br2OS/c1-3-17-11-6-4-10(5-7-11)14(16)13-8-12(15)9(2)18-13/h4-8,14H,3H2,1-2H3. The molecule has 0 aliphatic rings. The van der Waals surface area contributed by atoms with Gasteiger partial charge in [0.25, 0.3) is 0 Å². The molecule has 0 spiro atoms. The predicted octanol–water partition coefficient (Wildman–Crippen LogP) is 5.70. The van der Waals surface area contributed by atoms with Crippen LogP contribution in [-0.4, -0.2) is 6.61 Å². The number of benzene rings is 1. The summed E-state index contributed by atoms with van der Waals surface area (Å²) in [5, 5.41) is 0. The highest BCUT2D eigenvalue weighted by atomic mass is 79.9. The summed E-state index contributed by atoms with van der Waals surface area (Å²) in [5.41, 5.74) is 1.24. The van der Waals surface area contributed by atoms with Gasteiger partial charge in [-0.2, -0.15) is 0 Å². The third kappa shape index (κ3) is 3.16. The van der Waals surface area contributed by atoms with Crippen molar-refractivity contribution in [3.05, 3.63) is 50.1 Å². The van der Waals surface area contributed by atoms with Gasteiger partial charge in [-0.3, -0.25) is 0 Å². The van der Waals surface area contributed by atoms with Crippen molar-refractivity contribution in [2.45, 2.75) is 18.7 Å². The average molecular weight is 390 g/mol. The maximum atomic E-state index is 5.45. The fourth-order valence-corrected chi connectivity index (χ4v) is 3.96. The van der Waals surface area contributed by atoms with Crippen LogP contribution in [0.3, 0.4) is 0 Å². The first-order chi connectivity index (χ1) is 8.61. The molecule has 0 saturated heterocycles. The van der Waals surface area contributed by atoms with E-state index >= 15 is 0 Å². The number of hydrogen-bond donors (Lipinski definition) is 0. The zero-order chi connectivity index (χ0) is 13.1. The Morgan fingerprint density at radius 1 is 1.28 bits per heavy atom. The van der Waals surface area contributed by atoms with Crippen LogP contribution in [0.5, 0.6) is 5.75 Å². The summed E-state index contributed by atoms with van der Waals surface area (Å²) in [6.45, 7) is 4.82. The number of ether oxygens (including phenoxy) is 1. The van der Waals surface area contributed by atoms with Gasteiger partial charge < -0.3 is 4.74 Å². The van der Waals surface area contributed by atoms with Crippen molar-refractivity contribution >= 4 is 43.2 Å². The molecule has 4 heteroatoms. The highest BCUT2D eigenvalue weighted by Gasteiger charge is 2.14. The van der Waals surface area contributed by atoms with E-state index in [1.807, 2.05) is 19.1 Å². The molecule has 0 aliphatic carbocycles. The van der Waals surface area contributed by atoms with Gasteiger partial charge in [-0.15, -0.1) is 11.3 Å². The lowest BCUT2D eigenvalue weighted by Gasteiger charge is -2.09. The summed E-state index contributed by atoms with van der Waals surface area (Å²) in [7, 11) is 0. The Hall–Kier alpha value is -0.320. The molecule has 1 aromatic heterocycles. The van der Waals surface area contributed by atoms with E-state index in [1.54, 1.807) is 11.3 Å². The second-order valence-corrected chi connectivity index (χ2v) is 6.98. The molecule has 0 bridgehead atoms. The number of halogens is 2. The number of hydrogen-bond acceptors (Lipinski definition) is 2. The van der Waals surface area contributed by atoms with Crippen LogP contribution in [0.1, 0.15) is 27.1 Å². The molecule has 2 aromatic rings. The fourth-order valence-electron chi connectivity index (χ4n) is 1.67. The molecule has 18 heavy (non-hydrogen) atoms. The highest BCUT2D eigenvalue weighted by molar-refractivity contribution is 9.10. The molecule has 1 nitrogen and oxygen atoms in total. The number of rotatable bonds is 4. The first-order valence-corrected chi connectivity index (χ1v) is 8.27. The van der Waals surface area contributed by atoms with Crippen LogP contribution >= 0.6 is 43.2 Å². The van der Waals surface area contributed by atoms with Crippen molar-refractivity contribution in [3.8, 4) is 5.75 Å². The lowest BCUT2D eigenvalue weighted by molar-refractivity contribution is 0.340. The van der Waals surface area contributed by atoms with E-state index in [1.165, 1.54) is 19.8 Å². The molecule has 1 heterocycles. The molecular weight excluding hydrogens is 376 g/mol. The van der Waals surface area contributed by atoms with E-state index in [0.29, 0.717) is 6.61 Å². The van der Waals surface area contributed by atoms with Crippen molar-refractivity contribution < 1.29 is 4.74 Å². The van der Waals surface area contributed by atoms with E-state index in [0.717, 1.165) is 5.75 Å². The van der Waals surface area contributed by atoms with Crippen molar-refractivity contribution in [2.75, 3.05) is 6.61 Å². The molecule has 2 rings (SSSR count). The molecule has 0 N–H and O–H groups in total. The topological polar surface area (TPSA) is 9.23 Å². The minimum atomic E-state index is 0.239. The predicted molar refractivity (Wildman–Crippen MR) is 85.1 cm³/mol. The van der Waals surface area contributed by atoms with Crippen LogP contribution in [0.2, 0.25) is 0 Å². The summed E-state index contributed by atoms with van der Waals surface area (Å²) in [4.78, 5) is 2.85.